The summed E-state index contributed by atoms with van der Waals surface area (Å²) in [6.45, 7) is -0.157. The number of carbonyl (C=O) groups excluding carboxylic acids is 2. The van der Waals surface area contributed by atoms with E-state index in [0.717, 1.165) is 11.3 Å². The summed E-state index contributed by atoms with van der Waals surface area (Å²) in [5, 5.41) is 0.446. The van der Waals surface area contributed by atoms with Gasteiger partial charge in [0.15, 0.2) is 6.29 Å². The number of rotatable bonds is 3. The number of likely N-dealkylation sites (tertiary alicyclic amines) is 1. The second kappa shape index (κ2) is 8.23. The smallest absolute Gasteiger partial charge is 0.337 e. The summed E-state index contributed by atoms with van der Waals surface area (Å²) in [5.74, 6) is -3.65. The Morgan fingerprint density at radius 1 is 0.931 bits per heavy atom. The van der Waals surface area contributed by atoms with Gasteiger partial charge in [-0.05, 0) is 38.5 Å². The van der Waals surface area contributed by atoms with Crippen molar-refractivity contribution < 1.29 is 35.9 Å². The Kier molecular flexibility index (Phi) is 6.26. The molecule has 1 saturated carbocycles. The van der Waals surface area contributed by atoms with E-state index >= 15 is 0 Å². The summed E-state index contributed by atoms with van der Waals surface area (Å²) < 4.78 is 76.9. The van der Waals surface area contributed by atoms with E-state index in [1.807, 2.05) is 0 Å². The lowest BCUT2D eigenvalue weighted by Crippen LogP contribution is -2.42. The number of thiazole rings is 1. The van der Waals surface area contributed by atoms with E-state index in [4.69, 9.17) is 0 Å². The molecule has 1 amide bonds. The summed E-state index contributed by atoms with van der Waals surface area (Å²) in [6, 6.07) is 0. The van der Waals surface area contributed by atoms with Crippen LogP contribution in [0, 0.1) is 11.8 Å². The van der Waals surface area contributed by atoms with Crippen LogP contribution in [0.15, 0.2) is 0 Å². The van der Waals surface area contributed by atoms with E-state index in [1.54, 1.807) is 0 Å². The van der Waals surface area contributed by atoms with Gasteiger partial charge >= 0.3 is 12.4 Å². The highest BCUT2D eigenvalue weighted by Gasteiger charge is 2.43. The highest BCUT2D eigenvalue weighted by molar-refractivity contribution is 7.13. The van der Waals surface area contributed by atoms with Crippen LogP contribution in [0.4, 0.5) is 26.3 Å². The molecule has 0 N–H and O–H groups in total. The molecule has 1 saturated heterocycles. The van der Waals surface area contributed by atoms with E-state index in [0.29, 0.717) is 11.3 Å². The van der Waals surface area contributed by atoms with Crippen molar-refractivity contribution in [1.82, 2.24) is 9.88 Å². The zero-order valence-corrected chi connectivity index (χ0v) is 16.2. The van der Waals surface area contributed by atoms with Gasteiger partial charge in [0.1, 0.15) is 5.69 Å². The minimum absolute atomic E-state index is 0.0294. The van der Waals surface area contributed by atoms with Crippen molar-refractivity contribution in [3.05, 3.63) is 15.6 Å². The molecule has 162 valence electrons. The monoisotopic (exact) mass is 442 g/mol. The Bertz CT molecular complexity index is 745. The zero-order chi connectivity index (χ0) is 21.4. The molecule has 0 radical (unpaired) electrons. The summed E-state index contributed by atoms with van der Waals surface area (Å²) in [4.78, 5) is 29.6. The minimum Gasteiger partial charge on any atom is -0.337 e. The van der Waals surface area contributed by atoms with Gasteiger partial charge in [0.2, 0.25) is 0 Å². The summed E-state index contributed by atoms with van der Waals surface area (Å²) >= 11 is 0.984. The Hall–Kier alpha value is -1.65. The summed E-state index contributed by atoms with van der Waals surface area (Å²) in [7, 11) is 0. The van der Waals surface area contributed by atoms with Crippen LogP contribution in [0.5, 0.6) is 0 Å². The first-order valence-corrected chi connectivity index (χ1v) is 10.2. The van der Waals surface area contributed by atoms with Gasteiger partial charge in [-0.3, -0.25) is 9.59 Å². The lowest BCUT2D eigenvalue weighted by atomic mass is 9.82. The average molecular weight is 442 g/mol. The van der Waals surface area contributed by atoms with E-state index < -0.39 is 30.1 Å². The second-order valence-electron chi connectivity index (χ2n) is 7.58. The maximum absolute atomic E-state index is 12.8. The van der Waals surface area contributed by atoms with Crippen LogP contribution in [0.2, 0.25) is 0 Å². The maximum atomic E-state index is 12.8. The number of halogens is 6. The van der Waals surface area contributed by atoms with Crippen LogP contribution in [0.3, 0.4) is 0 Å². The molecule has 1 aromatic heterocycles. The van der Waals surface area contributed by atoms with E-state index in [1.165, 1.54) is 4.90 Å². The normalized spacial score (nSPS) is 24.6. The van der Waals surface area contributed by atoms with Crippen LogP contribution in [-0.4, -0.2) is 47.5 Å². The van der Waals surface area contributed by atoms with E-state index in [9.17, 15) is 35.9 Å². The summed E-state index contributed by atoms with van der Waals surface area (Å²) in [6.07, 6.45) is -8.00. The number of alkyl halides is 6. The predicted octanol–water partition coefficient (Wildman–Crippen LogP) is 5.21. The molecule has 0 bridgehead atoms. The third-order valence-corrected chi connectivity index (χ3v) is 6.91. The molecule has 0 unspecified atom stereocenters. The Morgan fingerprint density at radius 3 is 1.93 bits per heavy atom. The molecular weight excluding hydrogens is 422 g/mol. The molecule has 29 heavy (non-hydrogen) atoms. The highest BCUT2D eigenvalue weighted by Crippen LogP contribution is 2.44. The lowest BCUT2D eigenvalue weighted by Gasteiger charge is -2.32. The zero-order valence-electron chi connectivity index (χ0n) is 15.4. The number of hydrogen-bond acceptors (Lipinski definition) is 4. The van der Waals surface area contributed by atoms with E-state index in [2.05, 4.69) is 4.98 Å². The molecular formula is C18H20F6N2O2S. The lowest BCUT2D eigenvalue weighted by molar-refractivity contribution is -0.184. The van der Waals surface area contributed by atoms with Crippen molar-refractivity contribution in [3.63, 3.8) is 0 Å². The van der Waals surface area contributed by atoms with Crippen LogP contribution < -0.4 is 0 Å². The molecule has 2 heterocycles. The van der Waals surface area contributed by atoms with Crippen molar-refractivity contribution in [2.45, 2.75) is 56.8 Å². The van der Waals surface area contributed by atoms with Gasteiger partial charge in [0.25, 0.3) is 5.91 Å². The van der Waals surface area contributed by atoms with Gasteiger partial charge in [-0.1, -0.05) is 0 Å². The minimum atomic E-state index is -4.30. The van der Waals surface area contributed by atoms with Gasteiger partial charge in [0, 0.05) is 19.0 Å². The number of piperidine rings is 1. The largest absolute Gasteiger partial charge is 0.391 e. The second-order valence-corrected chi connectivity index (χ2v) is 8.64. The molecule has 0 aromatic carbocycles. The Morgan fingerprint density at radius 2 is 1.45 bits per heavy atom. The van der Waals surface area contributed by atoms with Gasteiger partial charge in [-0.2, -0.15) is 26.3 Å². The van der Waals surface area contributed by atoms with Crippen molar-refractivity contribution >= 4 is 23.5 Å². The average Bonchev–Trinajstić information content (AvgIpc) is 3.10. The molecule has 3 rings (SSSR count). The van der Waals surface area contributed by atoms with E-state index in [-0.39, 0.29) is 68.1 Å². The highest BCUT2D eigenvalue weighted by atomic mass is 32.1. The van der Waals surface area contributed by atoms with Crippen molar-refractivity contribution in [1.29, 1.82) is 0 Å². The molecule has 0 atom stereocenters. The standard InChI is InChI=1S/C18H20F6N2O2S/c19-17(20,21)11-3-1-10(2-4-11)15-25-14(13(9-27)29-15)16(28)26-7-5-12(6-8-26)18(22,23)24/h9-12H,1-8H2. The van der Waals surface area contributed by atoms with Crippen LogP contribution in [0.25, 0.3) is 0 Å². The first-order chi connectivity index (χ1) is 13.5. The molecule has 1 aromatic rings. The maximum Gasteiger partial charge on any atom is 0.391 e. The fourth-order valence-corrected chi connectivity index (χ4v) is 5.03. The third kappa shape index (κ3) is 4.92. The summed E-state index contributed by atoms with van der Waals surface area (Å²) in [5.41, 5.74) is -0.108. The number of hydrogen-bond donors (Lipinski definition) is 0. The fraction of sp³-hybridized carbons (Fsp3) is 0.722. The number of aromatic nitrogens is 1. The Labute approximate surface area is 167 Å². The van der Waals surface area contributed by atoms with Gasteiger partial charge in [-0.15, -0.1) is 11.3 Å². The van der Waals surface area contributed by atoms with Crippen molar-refractivity contribution in [3.8, 4) is 0 Å². The Balaban J connectivity index is 1.68. The van der Waals surface area contributed by atoms with Crippen molar-refractivity contribution in [2.24, 2.45) is 11.8 Å². The number of aldehydes is 1. The number of nitrogens with zero attached hydrogens (tertiary/aromatic N) is 2. The van der Waals surface area contributed by atoms with Gasteiger partial charge in [0.05, 0.1) is 21.7 Å². The number of carbonyl (C=O) groups is 2. The van der Waals surface area contributed by atoms with Gasteiger partial charge in [-0.25, -0.2) is 4.98 Å². The van der Waals surface area contributed by atoms with Crippen LogP contribution in [-0.2, 0) is 0 Å². The van der Waals surface area contributed by atoms with Crippen LogP contribution in [0.1, 0.15) is 69.6 Å². The molecule has 1 aliphatic carbocycles. The molecule has 2 aliphatic rings. The first kappa shape index (κ1) is 22.0. The predicted molar refractivity (Wildman–Crippen MR) is 92.9 cm³/mol. The molecule has 0 spiro atoms. The first-order valence-electron chi connectivity index (χ1n) is 9.39. The fourth-order valence-electron chi connectivity index (χ4n) is 3.98. The molecule has 2 fully saturated rings. The third-order valence-electron chi connectivity index (χ3n) is 5.76. The molecule has 1 aliphatic heterocycles. The van der Waals surface area contributed by atoms with Crippen LogP contribution >= 0.6 is 11.3 Å². The topological polar surface area (TPSA) is 50.3 Å². The van der Waals surface area contributed by atoms with Gasteiger partial charge < -0.3 is 4.90 Å². The van der Waals surface area contributed by atoms with Crippen molar-refractivity contribution in [2.75, 3.05) is 13.1 Å². The molecule has 11 heteroatoms. The quantitative estimate of drug-likeness (QED) is 0.477. The number of amides is 1. The molecule has 4 nitrogen and oxygen atoms in total. The SMILES string of the molecule is O=Cc1sc(C2CCC(C(F)(F)F)CC2)nc1C(=O)N1CCC(C(F)(F)F)CC1.